The van der Waals surface area contributed by atoms with Gasteiger partial charge in [-0.05, 0) is 6.08 Å². The summed E-state index contributed by atoms with van der Waals surface area (Å²) in [6.45, 7) is 2.70. The molecule has 1 amide bonds. The van der Waals surface area contributed by atoms with E-state index < -0.39 is 11.9 Å². The van der Waals surface area contributed by atoms with E-state index in [0.717, 1.165) is 6.08 Å². The Morgan fingerprint density at radius 2 is 1.73 bits per heavy atom. The maximum absolute atomic E-state index is 9.47. The van der Waals surface area contributed by atoms with Crippen molar-refractivity contribution < 1.29 is 33.6 Å². The maximum Gasteiger partial charge on any atom is 1.00 e. The first kappa shape index (κ1) is 16.7. The van der Waals surface area contributed by atoms with E-state index in [9.17, 15) is 4.79 Å². The largest absolute Gasteiger partial charge is 1.00 e. The molecule has 0 aliphatic heterocycles. The van der Waals surface area contributed by atoms with Gasteiger partial charge in [-0.1, -0.05) is 6.58 Å². The van der Waals surface area contributed by atoms with Crippen LogP contribution < -0.4 is 35.4 Å². The molecule has 0 aliphatic rings. The molecule has 0 rings (SSSR count). The standard InChI is InChI=1S/C3H5NO.C2H5NO2.Li/c1-2-3(4)5;3-1-2(4)5;/h2H,1H2,(H2,4,5);1,3H2,(H,4,5);/q;;+1/p-1. The molecule has 0 aromatic rings. The molecule has 0 heterocycles. The van der Waals surface area contributed by atoms with Crippen LogP contribution in [0.4, 0.5) is 0 Å². The number of hydrogen-bond donors (Lipinski definition) is 2. The molecule has 0 aliphatic carbocycles. The second-order valence-corrected chi connectivity index (χ2v) is 1.18. The van der Waals surface area contributed by atoms with Crippen LogP contribution in [-0.2, 0) is 9.59 Å². The Labute approximate surface area is 76.6 Å². The van der Waals surface area contributed by atoms with Crippen molar-refractivity contribution in [1.82, 2.24) is 0 Å². The van der Waals surface area contributed by atoms with Gasteiger partial charge >= 0.3 is 18.9 Å². The summed E-state index contributed by atoms with van der Waals surface area (Å²) >= 11 is 0. The second-order valence-electron chi connectivity index (χ2n) is 1.18. The van der Waals surface area contributed by atoms with Crippen LogP contribution in [0.3, 0.4) is 0 Å². The number of hydrogen-bond acceptors (Lipinski definition) is 4. The number of carboxylic acid groups (broad SMARTS) is 1. The third-order valence-corrected chi connectivity index (χ3v) is 0.368. The van der Waals surface area contributed by atoms with Crippen LogP contribution in [0.25, 0.3) is 0 Å². The zero-order valence-electron chi connectivity index (χ0n) is 6.37. The predicted octanol–water partition coefficient (Wildman–Crippen LogP) is -5.64. The molecule has 0 atom stereocenters. The summed E-state index contributed by atoms with van der Waals surface area (Å²) < 4.78 is 0. The van der Waals surface area contributed by atoms with Gasteiger partial charge in [0.15, 0.2) is 0 Å². The van der Waals surface area contributed by atoms with Gasteiger partial charge in [-0.3, -0.25) is 4.79 Å². The van der Waals surface area contributed by atoms with E-state index in [2.05, 4.69) is 18.0 Å². The maximum atomic E-state index is 9.47. The molecule has 0 bridgehead atoms. The van der Waals surface area contributed by atoms with E-state index in [0.29, 0.717) is 0 Å². The van der Waals surface area contributed by atoms with Crippen LogP contribution in [0, 0.1) is 0 Å². The average molecular weight is 152 g/mol. The Hall–Kier alpha value is -0.763. The molecule has 58 valence electrons. The van der Waals surface area contributed by atoms with Crippen LogP contribution in [0.2, 0.25) is 0 Å². The number of nitrogens with two attached hydrogens (primary N) is 2. The van der Waals surface area contributed by atoms with Crippen molar-refractivity contribution in [2.24, 2.45) is 11.5 Å². The van der Waals surface area contributed by atoms with Gasteiger partial charge in [0, 0.05) is 6.54 Å². The molecule has 0 aromatic carbocycles. The number of amides is 1. The second kappa shape index (κ2) is 12.0. The number of aliphatic carboxylic acids is 1. The molecular formula is C5H9LiN2O3. The van der Waals surface area contributed by atoms with Gasteiger partial charge in [0.25, 0.3) is 0 Å². The molecule has 0 spiro atoms. The smallest absolute Gasteiger partial charge is 0.549 e. The zero-order valence-corrected chi connectivity index (χ0v) is 6.37. The minimum Gasteiger partial charge on any atom is -0.549 e. The van der Waals surface area contributed by atoms with E-state index in [4.69, 9.17) is 9.90 Å². The van der Waals surface area contributed by atoms with E-state index in [-0.39, 0.29) is 25.4 Å². The quantitative estimate of drug-likeness (QED) is 0.303. The summed E-state index contributed by atoms with van der Waals surface area (Å²) in [6.07, 6.45) is 1.06. The van der Waals surface area contributed by atoms with E-state index in [1.807, 2.05) is 0 Å². The predicted molar refractivity (Wildman–Crippen MR) is 33.5 cm³/mol. The van der Waals surface area contributed by atoms with Crippen LogP contribution in [0.5, 0.6) is 0 Å². The Morgan fingerprint density at radius 1 is 1.55 bits per heavy atom. The molecule has 11 heavy (non-hydrogen) atoms. The topological polar surface area (TPSA) is 109 Å². The van der Waals surface area contributed by atoms with Crippen LogP contribution in [-0.4, -0.2) is 18.4 Å². The molecule has 0 fully saturated rings. The monoisotopic (exact) mass is 152 g/mol. The normalized spacial score (nSPS) is 6.27. The number of carbonyl (C=O) groups is 2. The third-order valence-electron chi connectivity index (χ3n) is 0.368. The summed E-state index contributed by atoms with van der Waals surface area (Å²) in [5.74, 6) is -1.70. The minimum absolute atomic E-state index is 0. The van der Waals surface area contributed by atoms with Gasteiger partial charge < -0.3 is 21.4 Å². The van der Waals surface area contributed by atoms with Crippen LogP contribution in [0.1, 0.15) is 0 Å². The SMILES string of the molecule is C=CC(N)=O.NCC(=O)[O-].[Li+]. The molecule has 0 saturated carbocycles. The number of rotatable bonds is 2. The summed E-state index contributed by atoms with van der Waals surface area (Å²) in [6, 6.07) is 0. The molecule has 5 nitrogen and oxygen atoms in total. The Morgan fingerprint density at radius 3 is 1.73 bits per heavy atom. The van der Waals surface area contributed by atoms with E-state index in [1.165, 1.54) is 0 Å². The molecule has 6 heteroatoms. The number of primary amides is 1. The van der Waals surface area contributed by atoms with Crippen molar-refractivity contribution in [2.75, 3.05) is 6.54 Å². The van der Waals surface area contributed by atoms with Crippen molar-refractivity contribution in [3.8, 4) is 0 Å². The Balaban J connectivity index is -0.000000107. The summed E-state index contributed by atoms with van der Waals surface area (Å²) in [5, 5.41) is 9.13. The Bertz CT molecular complexity index is 138. The minimum atomic E-state index is -1.22. The van der Waals surface area contributed by atoms with Crippen molar-refractivity contribution in [3.63, 3.8) is 0 Å². The third kappa shape index (κ3) is 46.2. The van der Waals surface area contributed by atoms with Gasteiger partial charge in [-0.25, -0.2) is 0 Å². The molecule has 0 saturated heterocycles. The molecular weight excluding hydrogens is 143 g/mol. The summed E-state index contributed by atoms with van der Waals surface area (Å²) in [7, 11) is 0. The van der Waals surface area contributed by atoms with Crippen molar-refractivity contribution in [3.05, 3.63) is 12.7 Å². The van der Waals surface area contributed by atoms with Gasteiger partial charge in [-0.2, -0.15) is 0 Å². The van der Waals surface area contributed by atoms with Crippen LogP contribution >= 0.6 is 0 Å². The first-order valence-electron chi connectivity index (χ1n) is 2.36. The van der Waals surface area contributed by atoms with Crippen LogP contribution in [0.15, 0.2) is 12.7 Å². The number of carbonyl (C=O) groups excluding carboxylic acids is 2. The molecule has 0 aromatic heterocycles. The van der Waals surface area contributed by atoms with Gasteiger partial charge in [0.05, 0.1) is 5.97 Å². The summed E-state index contributed by atoms with van der Waals surface area (Å²) in [4.78, 5) is 18.6. The fourth-order valence-corrected chi connectivity index (χ4v) is 0. The summed E-state index contributed by atoms with van der Waals surface area (Å²) in [5.41, 5.74) is 9.04. The average Bonchev–Trinajstić information content (AvgIpc) is 1.89. The number of carboxylic acids is 1. The fraction of sp³-hybridized carbons (Fsp3) is 0.200. The zero-order chi connectivity index (χ0) is 8.57. The van der Waals surface area contributed by atoms with E-state index in [1.54, 1.807) is 0 Å². The Kier molecular flexibility index (Phi) is 18.1. The first-order chi connectivity index (χ1) is 4.54. The van der Waals surface area contributed by atoms with Gasteiger partial charge in [-0.15, -0.1) is 0 Å². The van der Waals surface area contributed by atoms with Gasteiger partial charge in [0.2, 0.25) is 5.91 Å². The first-order valence-corrected chi connectivity index (χ1v) is 2.36. The molecule has 4 N–H and O–H groups in total. The van der Waals surface area contributed by atoms with Gasteiger partial charge in [0.1, 0.15) is 0 Å². The molecule has 0 unspecified atom stereocenters. The van der Waals surface area contributed by atoms with Crippen molar-refractivity contribution in [1.29, 1.82) is 0 Å². The fourth-order valence-electron chi connectivity index (χ4n) is 0. The van der Waals surface area contributed by atoms with Crippen molar-refractivity contribution >= 4 is 11.9 Å². The van der Waals surface area contributed by atoms with E-state index >= 15 is 0 Å². The van der Waals surface area contributed by atoms with Crippen molar-refractivity contribution in [2.45, 2.75) is 0 Å². The molecule has 0 radical (unpaired) electrons.